The van der Waals surface area contributed by atoms with E-state index in [2.05, 4.69) is 20.2 Å². The molecule has 0 saturated carbocycles. The van der Waals surface area contributed by atoms with Crippen LogP contribution in [0, 0.1) is 13.8 Å². The van der Waals surface area contributed by atoms with E-state index in [1.54, 1.807) is 13.8 Å². The van der Waals surface area contributed by atoms with Crippen LogP contribution in [0.2, 0.25) is 0 Å². The molecular weight excluding hydrogens is 502 g/mol. The minimum absolute atomic E-state index is 0.0385. The number of benzene rings is 2. The monoisotopic (exact) mass is 521 g/mol. The van der Waals surface area contributed by atoms with Gasteiger partial charge in [-0.05, 0) is 43.7 Å². The van der Waals surface area contributed by atoms with Gasteiger partial charge in [0.05, 0.1) is 16.3 Å². The van der Waals surface area contributed by atoms with Crippen LogP contribution < -0.4 is 15.6 Å². The van der Waals surface area contributed by atoms with Crippen LogP contribution >= 0.6 is 11.3 Å². The highest BCUT2D eigenvalue weighted by atomic mass is 32.2. The molecule has 10 nitrogen and oxygen atoms in total. The molecule has 0 spiro atoms. The molecule has 12 heteroatoms. The molecule has 5 aromatic rings. The second kappa shape index (κ2) is 9.06. The second-order valence-corrected chi connectivity index (χ2v) is 10.4. The van der Waals surface area contributed by atoms with Crippen LogP contribution in [0.4, 0.5) is 11.6 Å². The predicted molar refractivity (Wildman–Crippen MR) is 136 cm³/mol. The van der Waals surface area contributed by atoms with E-state index in [0.717, 1.165) is 5.56 Å². The third-order valence-electron chi connectivity index (χ3n) is 5.57. The van der Waals surface area contributed by atoms with Crippen molar-refractivity contribution in [3.8, 4) is 11.3 Å². The molecule has 0 atom stereocenters. The Morgan fingerprint density at radius 3 is 2.44 bits per heavy atom. The van der Waals surface area contributed by atoms with Crippen LogP contribution in [-0.4, -0.2) is 28.9 Å². The fourth-order valence-electron chi connectivity index (χ4n) is 3.47. The quantitative estimate of drug-likeness (QED) is 0.344. The number of hydrogen-bond acceptors (Lipinski definition) is 8. The van der Waals surface area contributed by atoms with Crippen molar-refractivity contribution < 1.29 is 17.7 Å². The Morgan fingerprint density at radius 1 is 1.06 bits per heavy atom. The van der Waals surface area contributed by atoms with Crippen molar-refractivity contribution in [2.45, 2.75) is 18.7 Å². The highest BCUT2D eigenvalue weighted by Gasteiger charge is 2.20. The Hall–Kier alpha value is -4.29. The van der Waals surface area contributed by atoms with Gasteiger partial charge in [0.25, 0.3) is 21.5 Å². The summed E-state index contributed by atoms with van der Waals surface area (Å²) in [5.74, 6) is -0.620. The lowest BCUT2D eigenvalue weighted by Gasteiger charge is -2.08. The van der Waals surface area contributed by atoms with Gasteiger partial charge in [-0.3, -0.25) is 14.0 Å². The number of carbonyl (C=O) groups is 1. The van der Waals surface area contributed by atoms with E-state index in [-0.39, 0.29) is 16.3 Å². The Balaban J connectivity index is 1.38. The topological polar surface area (TPSA) is 136 Å². The van der Waals surface area contributed by atoms with Gasteiger partial charge >= 0.3 is 0 Å². The Labute approximate surface area is 209 Å². The normalized spacial score (nSPS) is 11.5. The fourth-order valence-corrected chi connectivity index (χ4v) is 5.37. The molecule has 36 heavy (non-hydrogen) atoms. The third kappa shape index (κ3) is 4.27. The molecule has 0 aliphatic heterocycles. The van der Waals surface area contributed by atoms with Gasteiger partial charge in [-0.2, -0.15) is 0 Å². The number of aryl methyl sites for hydroxylation is 1. The Kier molecular flexibility index (Phi) is 5.90. The molecular formula is C24H19N5O5S2. The number of nitrogens with one attached hydrogen (secondary N) is 2. The van der Waals surface area contributed by atoms with E-state index in [1.807, 2.05) is 35.7 Å². The molecule has 0 aliphatic rings. The molecule has 0 fully saturated rings. The lowest BCUT2D eigenvalue weighted by Crippen LogP contribution is -2.26. The van der Waals surface area contributed by atoms with Crippen LogP contribution in [0.1, 0.15) is 21.6 Å². The number of sulfonamides is 1. The zero-order valence-electron chi connectivity index (χ0n) is 19.1. The smallest absolute Gasteiger partial charge is 0.271 e. The number of aromatic nitrogens is 3. The Morgan fingerprint density at radius 2 is 1.78 bits per heavy atom. The summed E-state index contributed by atoms with van der Waals surface area (Å²) in [7, 11) is -3.93. The largest absolute Gasteiger partial charge is 0.337 e. The number of carbonyl (C=O) groups excluding carboxylic acids is 1. The van der Waals surface area contributed by atoms with E-state index in [4.69, 9.17) is 4.52 Å². The molecule has 0 unspecified atom stereocenters. The highest BCUT2D eigenvalue weighted by Crippen LogP contribution is 2.25. The molecule has 0 saturated heterocycles. The molecule has 2 aromatic carbocycles. The van der Waals surface area contributed by atoms with Gasteiger partial charge in [-0.25, -0.2) is 18.1 Å². The van der Waals surface area contributed by atoms with Crippen LogP contribution in [0.3, 0.4) is 0 Å². The first-order valence-electron chi connectivity index (χ1n) is 10.7. The number of hydrogen-bond donors (Lipinski definition) is 2. The zero-order valence-corrected chi connectivity index (χ0v) is 20.7. The fraction of sp³-hybridized carbons (Fsp3) is 0.0833. The van der Waals surface area contributed by atoms with Crippen molar-refractivity contribution in [1.29, 1.82) is 0 Å². The summed E-state index contributed by atoms with van der Waals surface area (Å²) in [5, 5.41) is 8.17. The maximum Gasteiger partial charge on any atom is 0.271 e. The number of anilines is 2. The van der Waals surface area contributed by atoms with Crippen molar-refractivity contribution in [2.24, 2.45) is 0 Å². The van der Waals surface area contributed by atoms with Crippen molar-refractivity contribution in [3.05, 3.63) is 93.3 Å². The average molecular weight is 522 g/mol. The third-order valence-corrected chi connectivity index (χ3v) is 7.75. The molecule has 0 aliphatic carbocycles. The number of fused-ring (bicyclic) bond motifs is 1. The number of amides is 1. The lowest BCUT2D eigenvalue weighted by molar-refractivity contribution is 0.102. The van der Waals surface area contributed by atoms with Crippen molar-refractivity contribution in [3.63, 3.8) is 0 Å². The van der Waals surface area contributed by atoms with Gasteiger partial charge in [-0.15, -0.1) is 11.3 Å². The summed E-state index contributed by atoms with van der Waals surface area (Å²) in [5.41, 5.74) is 2.29. The van der Waals surface area contributed by atoms with Gasteiger partial charge in [0, 0.05) is 22.8 Å². The first-order chi connectivity index (χ1) is 17.2. The predicted octanol–water partition coefficient (Wildman–Crippen LogP) is 4.08. The molecule has 3 aromatic heterocycles. The van der Waals surface area contributed by atoms with Crippen molar-refractivity contribution >= 4 is 43.8 Å². The summed E-state index contributed by atoms with van der Waals surface area (Å²) in [4.78, 5) is 30.8. The summed E-state index contributed by atoms with van der Waals surface area (Å²) in [6.45, 7) is 3.39. The summed E-state index contributed by atoms with van der Waals surface area (Å²) < 4.78 is 34.1. The van der Waals surface area contributed by atoms with E-state index >= 15 is 0 Å². The number of nitrogens with zero attached hydrogens (tertiary/aromatic N) is 3. The number of rotatable bonds is 6. The van der Waals surface area contributed by atoms with Crippen molar-refractivity contribution in [1.82, 2.24) is 14.5 Å². The SMILES string of the molecule is Cc1noc(NS(=O)(=O)c2ccc(NC(=O)c3cnc4scc(-c5ccccc5)n4c3=O)cc2)c1C. The molecule has 1 amide bonds. The maximum atomic E-state index is 13.2. The van der Waals surface area contributed by atoms with Gasteiger partial charge in [-0.1, -0.05) is 35.5 Å². The summed E-state index contributed by atoms with van der Waals surface area (Å²) >= 11 is 1.30. The minimum Gasteiger partial charge on any atom is -0.337 e. The van der Waals surface area contributed by atoms with Crippen LogP contribution in [0.15, 0.2) is 80.4 Å². The minimum atomic E-state index is -3.93. The van der Waals surface area contributed by atoms with Crippen LogP contribution in [0.5, 0.6) is 0 Å². The first kappa shape index (κ1) is 23.5. The summed E-state index contributed by atoms with van der Waals surface area (Å²) in [6.07, 6.45) is 1.24. The van der Waals surface area contributed by atoms with Gasteiger partial charge in [0.2, 0.25) is 5.88 Å². The molecule has 2 N–H and O–H groups in total. The Bertz CT molecular complexity index is 1750. The molecule has 0 bridgehead atoms. The van der Waals surface area contributed by atoms with E-state index in [0.29, 0.717) is 27.6 Å². The average Bonchev–Trinajstić information content (AvgIpc) is 3.44. The van der Waals surface area contributed by atoms with Crippen molar-refractivity contribution in [2.75, 3.05) is 10.0 Å². The molecule has 3 heterocycles. The van der Waals surface area contributed by atoms with Crippen LogP contribution in [-0.2, 0) is 10.0 Å². The van der Waals surface area contributed by atoms with Gasteiger partial charge in [0.1, 0.15) is 5.56 Å². The zero-order chi connectivity index (χ0) is 25.4. The van der Waals surface area contributed by atoms with Gasteiger partial charge < -0.3 is 9.84 Å². The second-order valence-electron chi connectivity index (χ2n) is 7.89. The lowest BCUT2D eigenvalue weighted by atomic mass is 10.2. The van der Waals surface area contributed by atoms with Crippen LogP contribution in [0.25, 0.3) is 16.2 Å². The summed E-state index contributed by atoms with van der Waals surface area (Å²) in [6, 6.07) is 14.9. The standard InChI is InChI=1S/C24H19N5O5S2/c1-14-15(2)27-34-22(14)28-36(32,33)18-10-8-17(9-11-18)26-21(30)19-12-25-24-29(23(19)31)20(13-35-24)16-6-4-3-5-7-16/h3-13,28H,1-2H3,(H,26,30). The number of thiazole rings is 1. The van der Waals surface area contributed by atoms with Gasteiger partial charge in [0.15, 0.2) is 4.96 Å². The maximum absolute atomic E-state index is 13.2. The van der Waals surface area contributed by atoms with E-state index in [9.17, 15) is 18.0 Å². The molecule has 0 radical (unpaired) electrons. The first-order valence-corrected chi connectivity index (χ1v) is 13.0. The highest BCUT2D eigenvalue weighted by molar-refractivity contribution is 7.92. The molecule has 5 rings (SSSR count). The van der Waals surface area contributed by atoms with E-state index < -0.39 is 21.5 Å². The molecule has 182 valence electrons. The van der Waals surface area contributed by atoms with E-state index in [1.165, 1.54) is 46.2 Å².